The summed E-state index contributed by atoms with van der Waals surface area (Å²) in [6.07, 6.45) is 0. The summed E-state index contributed by atoms with van der Waals surface area (Å²) in [6.45, 7) is 21.4. The van der Waals surface area contributed by atoms with Gasteiger partial charge in [0.2, 0.25) is 7.55 Å². The van der Waals surface area contributed by atoms with Crippen LogP contribution in [0.15, 0.2) is 0 Å². The summed E-state index contributed by atoms with van der Waals surface area (Å²) in [4.78, 5) is 0. The first kappa shape index (κ1) is 48.6. The monoisotopic (exact) mass is 720 g/mol. The molecule has 0 aliphatic heterocycles. The van der Waals surface area contributed by atoms with Crippen LogP contribution in [0.25, 0.3) is 0 Å². The molecule has 0 heterocycles. The molecular formula is C24H68Cl4N8Si4. The van der Waals surface area contributed by atoms with E-state index in [2.05, 4.69) is 90.4 Å². The molecule has 0 bridgehead atoms. The molecule has 0 atom stereocenters. The topological polar surface area (TPSA) is 25.9 Å². The highest BCUT2D eigenvalue weighted by Gasteiger charge is 2.41. The second-order valence-corrected chi connectivity index (χ2v) is 34.3. The molecule has 0 saturated carbocycles. The molecule has 0 aromatic carbocycles. The Morgan fingerprint density at radius 1 is 0.375 bits per heavy atom. The zero-order valence-electron chi connectivity index (χ0n) is 29.9. The van der Waals surface area contributed by atoms with Gasteiger partial charge in [-0.25, -0.2) is 0 Å². The summed E-state index contributed by atoms with van der Waals surface area (Å²) in [6, 6.07) is 0. The summed E-state index contributed by atoms with van der Waals surface area (Å²) in [5.41, 5.74) is 0. The molecule has 16 heteroatoms. The Kier molecular flexibility index (Phi) is 27.0. The van der Waals surface area contributed by atoms with Crippen molar-refractivity contribution in [2.75, 3.05) is 111 Å². The van der Waals surface area contributed by atoms with Crippen LogP contribution in [-0.4, -0.2) is 178 Å². The fourth-order valence-electron chi connectivity index (χ4n) is 3.40. The number of hydrogen-bond acceptors (Lipinski definition) is 8. The van der Waals surface area contributed by atoms with Gasteiger partial charge >= 0.3 is 23.3 Å². The lowest BCUT2D eigenvalue weighted by Gasteiger charge is -2.40. The summed E-state index contributed by atoms with van der Waals surface area (Å²) < 4.78 is 17.4. The van der Waals surface area contributed by atoms with Crippen molar-refractivity contribution in [3.63, 3.8) is 0 Å². The highest BCUT2D eigenvalue weighted by atomic mass is 35.6. The summed E-state index contributed by atoms with van der Waals surface area (Å²) in [5, 5.41) is 0. The van der Waals surface area contributed by atoms with Gasteiger partial charge in [0.1, 0.15) is 0 Å². The van der Waals surface area contributed by atoms with E-state index in [4.69, 9.17) is 44.3 Å². The van der Waals surface area contributed by atoms with Crippen molar-refractivity contribution in [1.82, 2.24) is 36.5 Å². The Morgan fingerprint density at radius 3 is 0.625 bits per heavy atom. The maximum Gasteiger partial charge on any atom is 0.391 e. The van der Waals surface area contributed by atoms with Gasteiger partial charge in [0, 0.05) is 0 Å². The molecule has 0 amide bonds. The third-order valence-corrected chi connectivity index (χ3v) is 27.0. The SMILES string of the molecule is CCN(CC)[Si](C)(Cl)N(CC)CC.CN(C)[Si](C)(C)Cl.CN(C)[Si](C)(Cl)N(C)C.CN(C)[Si](Cl)(N(C)C)N(C)C. The number of nitrogens with zero attached hydrogens (tertiary/aromatic N) is 8. The molecule has 0 aliphatic rings. The zero-order valence-corrected chi connectivity index (χ0v) is 36.9. The van der Waals surface area contributed by atoms with E-state index in [0.717, 1.165) is 26.2 Å². The minimum atomic E-state index is -2.01. The van der Waals surface area contributed by atoms with E-state index in [0.29, 0.717) is 0 Å². The average Bonchev–Trinajstić information content (AvgIpc) is 2.79. The molecular weight excluding hydrogens is 654 g/mol. The quantitative estimate of drug-likeness (QED) is 0.200. The third-order valence-electron chi connectivity index (χ3n) is 7.08. The van der Waals surface area contributed by atoms with E-state index in [1.165, 1.54) is 0 Å². The van der Waals surface area contributed by atoms with E-state index in [1.807, 2.05) is 84.6 Å². The lowest BCUT2D eigenvalue weighted by Crippen LogP contribution is -2.65. The van der Waals surface area contributed by atoms with Gasteiger partial charge in [-0.2, -0.15) is 0 Å². The Balaban J connectivity index is -0.000000221. The van der Waals surface area contributed by atoms with Crippen LogP contribution in [0.4, 0.5) is 0 Å². The maximum atomic E-state index is 6.66. The van der Waals surface area contributed by atoms with Crippen LogP contribution >= 0.6 is 44.3 Å². The van der Waals surface area contributed by atoms with Gasteiger partial charge in [0.25, 0.3) is 0 Å². The Morgan fingerprint density at radius 2 is 0.575 bits per heavy atom. The minimum absolute atomic E-state index is 1.05. The molecule has 0 spiro atoms. The van der Waals surface area contributed by atoms with Crippen molar-refractivity contribution in [3.8, 4) is 0 Å². The Labute approximate surface area is 274 Å². The average molecular weight is 723 g/mol. The minimum Gasteiger partial charge on any atom is -0.318 e. The molecule has 0 rings (SSSR count). The fourth-order valence-corrected chi connectivity index (χ4v) is 10.7. The van der Waals surface area contributed by atoms with Gasteiger partial charge in [-0.15, -0.1) is 44.3 Å². The molecule has 8 nitrogen and oxygen atoms in total. The van der Waals surface area contributed by atoms with Gasteiger partial charge in [0.05, 0.1) is 0 Å². The van der Waals surface area contributed by atoms with Crippen molar-refractivity contribution >= 4 is 75.1 Å². The molecule has 0 saturated heterocycles. The van der Waals surface area contributed by atoms with Gasteiger partial charge in [-0.05, 0) is 137 Å². The second-order valence-electron chi connectivity index (χ2n) is 11.5. The molecule has 0 N–H and O–H groups in total. The molecule has 0 aromatic rings. The molecule has 40 heavy (non-hydrogen) atoms. The smallest absolute Gasteiger partial charge is 0.318 e. The van der Waals surface area contributed by atoms with Crippen LogP contribution < -0.4 is 0 Å². The van der Waals surface area contributed by atoms with E-state index >= 15 is 0 Å². The van der Waals surface area contributed by atoms with Crippen LogP contribution in [0, 0.1) is 0 Å². The number of rotatable bonds is 12. The summed E-state index contributed by atoms with van der Waals surface area (Å²) in [5.74, 6) is 0. The predicted molar refractivity (Wildman–Crippen MR) is 198 cm³/mol. The molecule has 0 radical (unpaired) electrons. The second kappa shape index (κ2) is 22.3. The Bertz CT molecular complexity index is 570. The molecule has 0 fully saturated rings. The van der Waals surface area contributed by atoms with E-state index in [-0.39, 0.29) is 0 Å². The van der Waals surface area contributed by atoms with Gasteiger partial charge < -0.3 is 22.8 Å². The Hall–Kier alpha value is 1.71. The van der Waals surface area contributed by atoms with Crippen molar-refractivity contribution in [2.24, 2.45) is 0 Å². The maximum absolute atomic E-state index is 6.66. The lowest BCUT2D eigenvalue weighted by molar-refractivity contribution is 0.374. The highest BCUT2D eigenvalue weighted by molar-refractivity contribution is 7.17. The first-order chi connectivity index (χ1) is 17.7. The van der Waals surface area contributed by atoms with Crippen LogP contribution in [0.1, 0.15) is 27.7 Å². The highest BCUT2D eigenvalue weighted by Crippen LogP contribution is 2.19. The van der Waals surface area contributed by atoms with Crippen LogP contribution in [-0.2, 0) is 0 Å². The molecule has 248 valence electrons. The third kappa shape index (κ3) is 17.9. The molecule has 0 aliphatic carbocycles. The summed E-state index contributed by atoms with van der Waals surface area (Å²) in [7, 11) is 17.2. The van der Waals surface area contributed by atoms with Gasteiger partial charge in [-0.1, -0.05) is 27.7 Å². The van der Waals surface area contributed by atoms with Crippen molar-refractivity contribution in [1.29, 1.82) is 0 Å². The van der Waals surface area contributed by atoms with Crippen LogP contribution in [0.5, 0.6) is 0 Å². The number of hydrogen-bond donors (Lipinski definition) is 0. The fraction of sp³-hybridized carbons (Fsp3) is 1.00. The van der Waals surface area contributed by atoms with Crippen molar-refractivity contribution in [2.45, 2.75) is 53.9 Å². The normalized spacial score (nSPS) is 13.2. The van der Waals surface area contributed by atoms with E-state index < -0.39 is 30.8 Å². The molecule has 0 aromatic heterocycles. The summed E-state index contributed by atoms with van der Waals surface area (Å²) >= 11 is 25.2. The van der Waals surface area contributed by atoms with Gasteiger partial charge in [0.15, 0.2) is 0 Å². The number of halogens is 4. The van der Waals surface area contributed by atoms with Gasteiger partial charge in [-0.3, -0.25) is 13.7 Å². The molecule has 0 unspecified atom stereocenters. The predicted octanol–water partition coefficient (Wildman–Crippen LogP) is 5.23. The largest absolute Gasteiger partial charge is 0.391 e. The van der Waals surface area contributed by atoms with E-state index in [9.17, 15) is 0 Å². The van der Waals surface area contributed by atoms with Crippen molar-refractivity contribution in [3.05, 3.63) is 0 Å². The van der Waals surface area contributed by atoms with E-state index in [1.54, 1.807) is 0 Å². The van der Waals surface area contributed by atoms with Crippen molar-refractivity contribution < 1.29 is 0 Å². The van der Waals surface area contributed by atoms with Crippen LogP contribution in [0.2, 0.25) is 26.2 Å². The lowest BCUT2D eigenvalue weighted by atomic mass is 10.7. The first-order valence-corrected chi connectivity index (χ1v) is 27.6. The zero-order chi connectivity index (χ0) is 33.4. The standard InChI is InChI=1S/C9H23ClN2Si.C6H18ClN3Si.C5H15ClN2Si.C4H12ClNSi/c1-6-11(7-2)13(5,10)12(8-3)9-4;1-8(2)11(7,9(3)4)10(5)6;1-7(2)9(5,6)8(3)4;1-6(2)7(3,4)5/h6-9H2,1-5H3;1-6H3;1-5H3;1-4H3. The first-order valence-electron chi connectivity index (χ1n) is 14.0. The van der Waals surface area contributed by atoms with Crippen LogP contribution in [0.3, 0.4) is 0 Å².